The molecule has 0 unspecified atom stereocenters. The number of rotatable bonds is 3. The zero-order chi connectivity index (χ0) is 20.2. The van der Waals surface area contributed by atoms with Gasteiger partial charge in [0.15, 0.2) is 0 Å². The van der Waals surface area contributed by atoms with Gasteiger partial charge in [-0.15, -0.1) is 0 Å². The van der Waals surface area contributed by atoms with Crippen molar-refractivity contribution < 1.29 is 22.7 Å². The molecular weight excluding hydrogens is 379 g/mol. The van der Waals surface area contributed by atoms with Gasteiger partial charge >= 0.3 is 6.18 Å². The molecule has 3 nitrogen and oxygen atoms in total. The zero-order valence-corrected chi connectivity index (χ0v) is 16.1. The van der Waals surface area contributed by atoms with Gasteiger partial charge in [0.05, 0.1) is 19.1 Å². The van der Waals surface area contributed by atoms with E-state index < -0.39 is 11.7 Å². The van der Waals surface area contributed by atoms with Crippen molar-refractivity contribution in [3.8, 4) is 5.75 Å². The molecular formula is C20H21ClF3NO2. The summed E-state index contributed by atoms with van der Waals surface area (Å²) >= 11 is 5.82. The minimum Gasteiger partial charge on any atom is -0.496 e. The van der Waals surface area contributed by atoms with Crippen molar-refractivity contribution in [2.45, 2.75) is 32.9 Å². The Morgan fingerprint density at radius 1 is 1.19 bits per heavy atom. The molecule has 0 fully saturated rings. The number of carbonyl (C=O) groups excluding carboxylic acids is 1. The van der Waals surface area contributed by atoms with Gasteiger partial charge in [-0.3, -0.25) is 4.79 Å². The van der Waals surface area contributed by atoms with Crippen LogP contribution in [0, 0.1) is 0 Å². The molecule has 0 aromatic heterocycles. The molecule has 0 saturated carbocycles. The van der Waals surface area contributed by atoms with E-state index in [1.165, 1.54) is 18.1 Å². The Labute approximate surface area is 161 Å². The van der Waals surface area contributed by atoms with Crippen molar-refractivity contribution >= 4 is 23.2 Å². The van der Waals surface area contributed by atoms with Crippen LogP contribution in [0.1, 0.15) is 30.5 Å². The molecule has 0 radical (unpaired) electrons. The van der Waals surface area contributed by atoms with Gasteiger partial charge < -0.3 is 9.64 Å². The molecule has 27 heavy (non-hydrogen) atoms. The number of nitrogens with zero attached hydrogens (tertiary/aromatic N) is 1. The molecule has 146 valence electrons. The Hall–Kier alpha value is -2.21. The summed E-state index contributed by atoms with van der Waals surface area (Å²) in [7, 11) is 1.20. The SMILES string of the molecule is CC.COc1cc2c(cc1C(F)(F)F)N(C(=O)Cc1ccc(Cl)cc1)CC2. The molecule has 1 amide bonds. The third-order valence-corrected chi connectivity index (χ3v) is 4.42. The first kappa shape index (κ1) is 21.1. The Kier molecular flexibility index (Phi) is 6.76. The highest BCUT2D eigenvalue weighted by molar-refractivity contribution is 6.30. The third-order valence-electron chi connectivity index (χ3n) is 4.17. The maximum atomic E-state index is 13.2. The van der Waals surface area contributed by atoms with Crippen LogP contribution >= 0.6 is 11.6 Å². The number of halogens is 4. The van der Waals surface area contributed by atoms with Gasteiger partial charge in [0.25, 0.3) is 0 Å². The number of fused-ring (bicyclic) bond motifs is 1. The standard InChI is InChI=1S/C18H15ClF3NO2.C2H6/c1-25-16-9-12-6-7-23(15(12)10-14(16)18(20,21)22)17(24)8-11-2-4-13(19)5-3-11;1-2/h2-5,9-10H,6-8H2,1H3;1-2H3. The molecule has 0 N–H and O–H groups in total. The largest absolute Gasteiger partial charge is 0.496 e. The Morgan fingerprint density at radius 3 is 2.37 bits per heavy atom. The quantitative estimate of drug-likeness (QED) is 0.679. The number of hydrogen-bond acceptors (Lipinski definition) is 2. The fourth-order valence-electron chi connectivity index (χ4n) is 2.94. The Bertz CT molecular complexity index is 804. The van der Waals surface area contributed by atoms with Crippen LogP contribution in [-0.2, 0) is 23.8 Å². The van der Waals surface area contributed by atoms with Crippen molar-refractivity contribution in [3.05, 3.63) is 58.1 Å². The molecule has 7 heteroatoms. The van der Waals surface area contributed by atoms with Gasteiger partial charge in [-0.1, -0.05) is 37.6 Å². The van der Waals surface area contributed by atoms with Crippen LogP contribution < -0.4 is 9.64 Å². The van der Waals surface area contributed by atoms with E-state index in [0.717, 1.165) is 11.6 Å². The van der Waals surface area contributed by atoms with E-state index in [2.05, 4.69) is 0 Å². The Morgan fingerprint density at radius 2 is 1.81 bits per heavy atom. The summed E-state index contributed by atoms with van der Waals surface area (Å²) in [6.45, 7) is 4.35. The van der Waals surface area contributed by atoms with Gasteiger partial charge in [-0.05, 0) is 41.8 Å². The highest BCUT2D eigenvalue weighted by atomic mass is 35.5. The predicted molar refractivity (Wildman–Crippen MR) is 101 cm³/mol. The first-order valence-electron chi connectivity index (χ1n) is 8.62. The van der Waals surface area contributed by atoms with Crippen LogP contribution in [0.5, 0.6) is 5.75 Å². The second-order valence-electron chi connectivity index (χ2n) is 5.78. The molecule has 0 bridgehead atoms. The fraction of sp³-hybridized carbons (Fsp3) is 0.350. The van der Waals surface area contributed by atoms with Crippen LogP contribution in [-0.4, -0.2) is 19.6 Å². The summed E-state index contributed by atoms with van der Waals surface area (Å²) in [6.07, 6.45) is -3.95. The van der Waals surface area contributed by atoms with Crippen LogP contribution in [0.4, 0.5) is 18.9 Å². The lowest BCUT2D eigenvalue weighted by molar-refractivity contribution is -0.138. The summed E-state index contributed by atoms with van der Waals surface area (Å²) in [5.74, 6) is -0.474. The normalized spacial score (nSPS) is 12.9. The van der Waals surface area contributed by atoms with Crippen LogP contribution in [0.25, 0.3) is 0 Å². The van der Waals surface area contributed by atoms with Crippen molar-refractivity contribution in [2.75, 3.05) is 18.6 Å². The number of hydrogen-bond donors (Lipinski definition) is 0. The number of anilines is 1. The van der Waals surface area contributed by atoms with Gasteiger partial charge in [-0.2, -0.15) is 13.2 Å². The fourth-order valence-corrected chi connectivity index (χ4v) is 3.06. The first-order valence-corrected chi connectivity index (χ1v) is 9.00. The van der Waals surface area contributed by atoms with Crippen molar-refractivity contribution in [3.63, 3.8) is 0 Å². The molecule has 1 aliphatic heterocycles. The van der Waals surface area contributed by atoms with Gasteiger partial charge in [0.1, 0.15) is 5.75 Å². The number of ether oxygens (including phenoxy) is 1. The molecule has 0 saturated heterocycles. The lowest BCUT2D eigenvalue weighted by Gasteiger charge is -2.20. The van der Waals surface area contributed by atoms with Crippen LogP contribution in [0.15, 0.2) is 36.4 Å². The van der Waals surface area contributed by atoms with Crippen LogP contribution in [0.3, 0.4) is 0 Å². The predicted octanol–water partition coefficient (Wildman–Crippen LogP) is 5.53. The molecule has 3 rings (SSSR count). The van der Waals surface area contributed by atoms with E-state index in [0.29, 0.717) is 29.2 Å². The second kappa shape index (κ2) is 8.65. The van der Waals surface area contributed by atoms with E-state index >= 15 is 0 Å². The van der Waals surface area contributed by atoms with E-state index in [1.807, 2.05) is 13.8 Å². The maximum Gasteiger partial charge on any atom is 0.420 e. The lowest BCUT2D eigenvalue weighted by atomic mass is 10.1. The van der Waals surface area contributed by atoms with E-state index in [-0.39, 0.29) is 18.1 Å². The molecule has 1 heterocycles. The highest BCUT2D eigenvalue weighted by Gasteiger charge is 2.37. The minimum absolute atomic E-state index is 0.101. The number of methoxy groups -OCH3 is 1. The average Bonchev–Trinajstić information content (AvgIpc) is 3.06. The molecule has 2 aromatic carbocycles. The topological polar surface area (TPSA) is 29.5 Å². The molecule has 0 spiro atoms. The first-order chi connectivity index (χ1) is 12.8. The summed E-state index contributed by atoms with van der Waals surface area (Å²) in [5.41, 5.74) is 0.855. The average molecular weight is 400 g/mol. The van der Waals surface area contributed by atoms with Crippen molar-refractivity contribution in [1.82, 2.24) is 0 Å². The van der Waals surface area contributed by atoms with Crippen molar-refractivity contribution in [2.24, 2.45) is 0 Å². The van der Waals surface area contributed by atoms with Crippen molar-refractivity contribution in [1.29, 1.82) is 0 Å². The number of benzene rings is 2. The monoisotopic (exact) mass is 399 g/mol. The number of alkyl halides is 3. The van der Waals surface area contributed by atoms with E-state index in [9.17, 15) is 18.0 Å². The van der Waals surface area contributed by atoms with E-state index in [1.54, 1.807) is 24.3 Å². The third kappa shape index (κ3) is 4.75. The van der Waals surface area contributed by atoms with E-state index in [4.69, 9.17) is 16.3 Å². The van der Waals surface area contributed by atoms with Gasteiger partial charge in [0, 0.05) is 17.3 Å². The summed E-state index contributed by atoms with van der Waals surface area (Å²) in [4.78, 5) is 14.0. The molecule has 1 aliphatic rings. The second-order valence-corrected chi connectivity index (χ2v) is 6.21. The Balaban J connectivity index is 0.00000126. The maximum absolute atomic E-state index is 13.2. The molecule has 0 atom stereocenters. The van der Waals surface area contributed by atoms with Gasteiger partial charge in [-0.25, -0.2) is 0 Å². The minimum atomic E-state index is -4.55. The summed E-state index contributed by atoms with van der Waals surface area (Å²) in [5, 5.41) is 0.560. The molecule has 2 aromatic rings. The highest BCUT2D eigenvalue weighted by Crippen LogP contribution is 2.42. The van der Waals surface area contributed by atoms with Gasteiger partial charge in [0.2, 0.25) is 5.91 Å². The summed E-state index contributed by atoms with van der Waals surface area (Å²) < 4.78 is 44.5. The smallest absolute Gasteiger partial charge is 0.420 e. The zero-order valence-electron chi connectivity index (χ0n) is 15.4. The van der Waals surface area contributed by atoms with Crippen LogP contribution in [0.2, 0.25) is 5.02 Å². The molecule has 0 aliphatic carbocycles. The number of carbonyl (C=O) groups is 1. The number of amides is 1. The lowest BCUT2D eigenvalue weighted by Crippen LogP contribution is -2.30. The summed E-state index contributed by atoms with van der Waals surface area (Å²) in [6, 6.07) is 9.18.